The third kappa shape index (κ3) is 2.92. The second-order valence-corrected chi connectivity index (χ2v) is 3.81. The van der Waals surface area contributed by atoms with E-state index in [-0.39, 0.29) is 11.3 Å². The molecule has 1 aromatic heterocycles. The van der Waals surface area contributed by atoms with Crippen molar-refractivity contribution in [3.63, 3.8) is 0 Å². The summed E-state index contributed by atoms with van der Waals surface area (Å²) >= 11 is 0. The standard InChI is InChI=1S/C13H13N3O3/c1-19-9-3-4-11(17)10(6-9)13(18)16-12-5-2-8(14)7-15-12/h2-7,17H,14H2,1H3,(H,15,16,18). The van der Waals surface area contributed by atoms with Gasteiger partial charge in [0, 0.05) is 0 Å². The second kappa shape index (κ2) is 5.26. The monoisotopic (exact) mass is 259 g/mol. The highest BCUT2D eigenvalue weighted by molar-refractivity contribution is 6.05. The molecule has 0 saturated heterocycles. The molecule has 0 aliphatic heterocycles. The normalized spacial score (nSPS) is 9.95. The number of rotatable bonds is 3. The molecule has 0 fully saturated rings. The average molecular weight is 259 g/mol. The maximum Gasteiger partial charge on any atom is 0.260 e. The van der Waals surface area contributed by atoms with Crippen LogP contribution in [0.4, 0.5) is 11.5 Å². The Labute approximate surface area is 109 Å². The van der Waals surface area contributed by atoms with Crippen molar-refractivity contribution in [2.45, 2.75) is 0 Å². The van der Waals surface area contributed by atoms with Gasteiger partial charge < -0.3 is 20.9 Å². The summed E-state index contributed by atoms with van der Waals surface area (Å²) in [5, 5.41) is 12.2. The third-order valence-electron chi connectivity index (χ3n) is 2.48. The van der Waals surface area contributed by atoms with E-state index >= 15 is 0 Å². The van der Waals surface area contributed by atoms with Crippen molar-refractivity contribution in [2.24, 2.45) is 0 Å². The Morgan fingerprint density at radius 1 is 1.37 bits per heavy atom. The van der Waals surface area contributed by atoms with Gasteiger partial charge in [-0.2, -0.15) is 0 Å². The smallest absolute Gasteiger partial charge is 0.260 e. The first-order chi connectivity index (χ1) is 9.10. The summed E-state index contributed by atoms with van der Waals surface area (Å²) in [5.74, 6) is 0.219. The minimum Gasteiger partial charge on any atom is -0.507 e. The minimum absolute atomic E-state index is 0.109. The maximum atomic E-state index is 12.0. The van der Waals surface area contributed by atoms with Crippen LogP contribution in [0, 0.1) is 0 Å². The zero-order valence-corrected chi connectivity index (χ0v) is 10.3. The number of aromatic nitrogens is 1. The quantitative estimate of drug-likeness (QED) is 0.778. The highest BCUT2D eigenvalue weighted by Crippen LogP contribution is 2.23. The predicted molar refractivity (Wildman–Crippen MR) is 71.3 cm³/mol. The lowest BCUT2D eigenvalue weighted by Gasteiger charge is -2.08. The molecule has 1 aromatic carbocycles. The molecule has 1 heterocycles. The summed E-state index contributed by atoms with van der Waals surface area (Å²) in [6.45, 7) is 0. The van der Waals surface area contributed by atoms with Crippen molar-refractivity contribution >= 4 is 17.4 Å². The molecular weight excluding hydrogens is 246 g/mol. The molecule has 6 nitrogen and oxygen atoms in total. The maximum absolute atomic E-state index is 12.0. The first-order valence-corrected chi connectivity index (χ1v) is 5.50. The summed E-state index contributed by atoms with van der Waals surface area (Å²) in [5.41, 5.74) is 6.11. The Kier molecular flexibility index (Phi) is 3.51. The lowest BCUT2D eigenvalue weighted by Crippen LogP contribution is -2.13. The highest BCUT2D eigenvalue weighted by Gasteiger charge is 2.13. The Morgan fingerprint density at radius 3 is 2.79 bits per heavy atom. The fourth-order valence-corrected chi connectivity index (χ4v) is 1.49. The van der Waals surface area contributed by atoms with Gasteiger partial charge in [0.15, 0.2) is 0 Å². The molecule has 0 spiro atoms. The number of amides is 1. The first kappa shape index (κ1) is 12.7. The number of phenolic OH excluding ortho intramolecular Hbond substituents is 1. The van der Waals surface area contributed by atoms with Crippen molar-refractivity contribution < 1.29 is 14.6 Å². The molecule has 1 amide bonds. The highest BCUT2D eigenvalue weighted by atomic mass is 16.5. The lowest BCUT2D eigenvalue weighted by atomic mass is 10.1. The summed E-state index contributed by atoms with van der Waals surface area (Å²) in [4.78, 5) is 15.9. The molecule has 98 valence electrons. The third-order valence-corrected chi connectivity index (χ3v) is 2.48. The molecule has 0 radical (unpaired) electrons. The summed E-state index contributed by atoms with van der Waals surface area (Å²) in [6, 6.07) is 7.60. The van der Waals surface area contributed by atoms with Crippen molar-refractivity contribution in [1.29, 1.82) is 0 Å². The van der Waals surface area contributed by atoms with Crippen LogP contribution in [0.1, 0.15) is 10.4 Å². The van der Waals surface area contributed by atoms with Crippen LogP contribution in [0.3, 0.4) is 0 Å². The van der Waals surface area contributed by atoms with E-state index in [1.54, 1.807) is 18.2 Å². The average Bonchev–Trinajstić information content (AvgIpc) is 2.42. The molecule has 0 unspecified atom stereocenters. The Balaban J connectivity index is 2.22. The SMILES string of the molecule is COc1ccc(O)c(C(=O)Nc2ccc(N)cn2)c1. The van der Waals surface area contributed by atoms with Crippen LogP contribution in [0.2, 0.25) is 0 Å². The van der Waals surface area contributed by atoms with E-state index in [1.807, 2.05) is 0 Å². The van der Waals surface area contributed by atoms with Crippen LogP contribution in [-0.4, -0.2) is 23.1 Å². The molecule has 0 aliphatic rings. The van der Waals surface area contributed by atoms with Gasteiger partial charge in [-0.1, -0.05) is 0 Å². The Hall–Kier alpha value is -2.76. The van der Waals surface area contributed by atoms with Gasteiger partial charge in [-0.05, 0) is 30.3 Å². The number of carbonyl (C=O) groups is 1. The molecule has 4 N–H and O–H groups in total. The van der Waals surface area contributed by atoms with Gasteiger partial charge in [0.2, 0.25) is 0 Å². The van der Waals surface area contributed by atoms with E-state index in [1.165, 1.54) is 25.4 Å². The zero-order valence-electron chi connectivity index (χ0n) is 10.3. The molecule has 6 heteroatoms. The number of benzene rings is 1. The molecule has 0 aliphatic carbocycles. The molecule has 0 atom stereocenters. The van der Waals surface area contributed by atoms with Crippen LogP contribution < -0.4 is 15.8 Å². The first-order valence-electron chi connectivity index (χ1n) is 5.50. The zero-order chi connectivity index (χ0) is 13.8. The number of phenols is 1. The van der Waals surface area contributed by atoms with Crippen molar-refractivity contribution in [1.82, 2.24) is 4.98 Å². The summed E-state index contributed by atoms with van der Waals surface area (Å²) in [6.07, 6.45) is 1.43. The largest absolute Gasteiger partial charge is 0.507 e. The van der Waals surface area contributed by atoms with Gasteiger partial charge >= 0.3 is 0 Å². The van der Waals surface area contributed by atoms with Gasteiger partial charge in [0.25, 0.3) is 5.91 Å². The van der Waals surface area contributed by atoms with Gasteiger partial charge in [-0.15, -0.1) is 0 Å². The Bertz CT molecular complexity index is 597. The number of nitrogen functional groups attached to an aromatic ring is 1. The van der Waals surface area contributed by atoms with Crippen LogP contribution >= 0.6 is 0 Å². The van der Waals surface area contributed by atoms with Crippen LogP contribution in [0.15, 0.2) is 36.5 Å². The van der Waals surface area contributed by atoms with Crippen LogP contribution in [0.25, 0.3) is 0 Å². The van der Waals surface area contributed by atoms with E-state index < -0.39 is 5.91 Å². The van der Waals surface area contributed by atoms with Gasteiger partial charge in [-0.3, -0.25) is 4.79 Å². The second-order valence-electron chi connectivity index (χ2n) is 3.81. The predicted octanol–water partition coefficient (Wildman–Crippen LogP) is 1.63. The number of anilines is 2. The van der Waals surface area contributed by atoms with E-state index in [0.717, 1.165) is 0 Å². The van der Waals surface area contributed by atoms with Gasteiger partial charge in [0.05, 0.1) is 24.6 Å². The summed E-state index contributed by atoms with van der Waals surface area (Å²) in [7, 11) is 1.48. The molecule has 2 rings (SSSR count). The molecule has 0 bridgehead atoms. The number of hydrogen-bond donors (Lipinski definition) is 3. The number of carbonyl (C=O) groups excluding carboxylic acids is 1. The molecule has 19 heavy (non-hydrogen) atoms. The number of ether oxygens (including phenoxy) is 1. The number of methoxy groups -OCH3 is 1. The topological polar surface area (TPSA) is 97.5 Å². The number of aromatic hydroxyl groups is 1. The lowest BCUT2D eigenvalue weighted by molar-refractivity contribution is 0.102. The van der Waals surface area contributed by atoms with E-state index in [9.17, 15) is 9.90 Å². The molecular formula is C13H13N3O3. The molecule has 0 saturated carbocycles. The summed E-state index contributed by atoms with van der Waals surface area (Å²) < 4.78 is 5.00. The van der Waals surface area contributed by atoms with Gasteiger partial charge in [0.1, 0.15) is 17.3 Å². The van der Waals surface area contributed by atoms with Crippen LogP contribution in [0.5, 0.6) is 11.5 Å². The fourth-order valence-electron chi connectivity index (χ4n) is 1.49. The Morgan fingerprint density at radius 2 is 2.16 bits per heavy atom. The number of nitrogens with two attached hydrogens (primary N) is 1. The number of pyridine rings is 1. The number of nitrogens with one attached hydrogen (secondary N) is 1. The van der Waals surface area contributed by atoms with Crippen LogP contribution in [-0.2, 0) is 0 Å². The van der Waals surface area contributed by atoms with E-state index in [4.69, 9.17) is 10.5 Å². The van der Waals surface area contributed by atoms with E-state index in [2.05, 4.69) is 10.3 Å². The van der Waals surface area contributed by atoms with Crippen molar-refractivity contribution in [2.75, 3.05) is 18.2 Å². The number of nitrogens with zero attached hydrogens (tertiary/aromatic N) is 1. The molecule has 2 aromatic rings. The minimum atomic E-state index is -0.478. The van der Waals surface area contributed by atoms with E-state index in [0.29, 0.717) is 17.3 Å². The van der Waals surface area contributed by atoms with Gasteiger partial charge in [-0.25, -0.2) is 4.98 Å². The van der Waals surface area contributed by atoms with Crippen molar-refractivity contribution in [3.05, 3.63) is 42.1 Å². The van der Waals surface area contributed by atoms with Crippen molar-refractivity contribution in [3.8, 4) is 11.5 Å². The number of hydrogen-bond acceptors (Lipinski definition) is 5. The fraction of sp³-hybridized carbons (Fsp3) is 0.0769.